The first kappa shape index (κ1) is 55.7. The number of amides is 1. The molecule has 30 atom stereocenters. The van der Waals surface area contributed by atoms with Crippen molar-refractivity contribution in [2.75, 3.05) is 26.4 Å². The maximum atomic E-state index is 13.1. The van der Waals surface area contributed by atoms with Gasteiger partial charge in [-0.15, -0.1) is 0 Å². The second kappa shape index (κ2) is 23.5. The minimum Gasteiger partial charge on any atom is -0.394 e. The number of hydrogen-bond donors (Lipinski definition) is 18. The molecule has 0 saturated carbocycles. The average Bonchev–Trinajstić information content (AvgIpc) is 3.31. The summed E-state index contributed by atoms with van der Waals surface area (Å²) in [5, 5.41) is 184. The molecule has 6 saturated heterocycles. The molecule has 18 N–H and O–H groups in total. The number of aliphatic hydroxyl groups excluding tert-OH is 17. The number of rotatable bonds is 15. The summed E-state index contributed by atoms with van der Waals surface area (Å²) in [4.78, 5) is 13.1. The molecule has 1 amide bonds. The first-order valence-corrected chi connectivity index (χ1v) is 21.8. The van der Waals surface area contributed by atoms with Crippen molar-refractivity contribution in [2.45, 2.75) is 205 Å². The maximum Gasteiger partial charge on any atom is 0.217 e. The van der Waals surface area contributed by atoms with E-state index >= 15 is 0 Å². The molecule has 0 aromatic rings. The van der Waals surface area contributed by atoms with Gasteiger partial charge in [0.1, 0.15) is 134 Å². The summed E-state index contributed by atoms with van der Waals surface area (Å²) in [6, 6.07) is -1.85. The molecule has 6 rings (SSSR count). The Morgan fingerprint density at radius 3 is 1.29 bits per heavy atom. The molecule has 6 heterocycles. The van der Waals surface area contributed by atoms with Crippen LogP contribution in [-0.4, -0.2) is 303 Å². The van der Waals surface area contributed by atoms with Gasteiger partial charge in [0.05, 0.1) is 38.6 Å². The highest BCUT2D eigenvalue weighted by Gasteiger charge is 2.59. The zero-order valence-electron chi connectivity index (χ0n) is 36.7. The van der Waals surface area contributed by atoms with E-state index in [-0.39, 0.29) is 0 Å². The van der Waals surface area contributed by atoms with Crippen LogP contribution in [0.2, 0.25) is 0 Å². The lowest BCUT2D eigenvalue weighted by atomic mass is 9.93. The van der Waals surface area contributed by atoms with E-state index in [9.17, 15) is 91.6 Å². The van der Waals surface area contributed by atoms with Gasteiger partial charge in [-0.1, -0.05) is 0 Å². The van der Waals surface area contributed by atoms with Crippen molar-refractivity contribution in [3.63, 3.8) is 0 Å². The van der Waals surface area contributed by atoms with Crippen LogP contribution >= 0.6 is 0 Å². The van der Waals surface area contributed by atoms with E-state index in [0.717, 1.165) is 6.92 Å². The molecular formula is C38H65NO29. The second-order valence-corrected chi connectivity index (χ2v) is 17.5. The van der Waals surface area contributed by atoms with Crippen LogP contribution in [0.25, 0.3) is 0 Å². The van der Waals surface area contributed by atoms with Crippen molar-refractivity contribution < 1.29 is 144 Å². The molecule has 30 heteroatoms. The molecule has 0 aromatic heterocycles. The van der Waals surface area contributed by atoms with Gasteiger partial charge in [0, 0.05) is 6.92 Å². The molecule has 0 radical (unpaired) electrons. The molecule has 68 heavy (non-hydrogen) atoms. The van der Waals surface area contributed by atoms with E-state index in [2.05, 4.69) is 5.32 Å². The van der Waals surface area contributed by atoms with Gasteiger partial charge in [-0.25, -0.2) is 0 Å². The lowest BCUT2D eigenvalue weighted by Gasteiger charge is -2.52. The number of nitrogens with one attached hydrogen (secondary N) is 1. The monoisotopic (exact) mass is 999 g/mol. The highest BCUT2D eigenvalue weighted by molar-refractivity contribution is 5.73. The lowest BCUT2D eigenvalue weighted by molar-refractivity contribution is -0.407. The van der Waals surface area contributed by atoms with Crippen molar-refractivity contribution in [2.24, 2.45) is 0 Å². The fourth-order valence-electron chi connectivity index (χ4n) is 8.77. The Balaban J connectivity index is 1.43. The predicted octanol–water partition coefficient (Wildman–Crippen LogP) is -11.9. The first-order chi connectivity index (χ1) is 32.1. The van der Waals surface area contributed by atoms with Crippen LogP contribution in [0.15, 0.2) is 0 Å². The van der Waals surface area contributed by atoms with Gasteiger partial charge in [-0.2, -0.15) is 0 Å². The van der Waals surface area contributed by atoms with Crippen LogP contribution in [0.5, 0.6) is 0 Å². The predicted molar refractivity (Wildman–Crippen MR) is 208 cm³/mol. The van der Waals surface area contributed by atoms with Crippen LogP contribution in [0.1, 0.15) is 20.8 Å². The van der Waals surface area contributed by atoms with Gasteiger partial charge in [-0.3, -0.25) is 4.79 Å². The molecule has 6 fully saturated rings. The van der Waals surface area contributed by atoms with Gasteiger partial charge in [0.2, 0.25) is 5.91 Å². The summed E-state index contributed by atoms with van der Waals surface area (Å²) in [7, 11) is 0. The largest absolute Gasteiger partial charge is 0.394 e. The van der Waals surface area contributed by atoms with Crippen molar-refractivity contribution in [3.8, 4) is 0 Å². The Labute approximate surface area is 386 Å². The highest BCUT2D eigenvalue weighted by atomic mass is 16.8. The summed E-state index contributed by atoms with van der Waals surface area (Å²) in [5.41, 5.74) is 0. The van der Waals surface area contributed by atoms with Crippen molar-refractivity contribution >= 4 is 5.91 Å². The summed E-state index contributed by atoms with van der Waals surface area (Å²) in [6.45, 7) is -0.407. The smallest absolute Gasteiger partial charge is 0.217 e. The number of ether oxygens (including phenoxy) is 11. The summed E-state index contributed by atoms with van der Waals surface area (Å²) in [5.74, 6) is -0.888. The fraction of sp³-hybridized carbons (Fsp3) is 0.974. The zero-order valence-corrected chi connectivity index (χ0v) is 36.7. The molecule has 0 aromatic carbocycles. The molecule has 0 bridgehead atoms. The summed E-state index contributed by atoms with van der Waals surface area (Å²) in [6.07, 6.45) is -54.5. The molecule has 30 nitrogen and oxygen atoms in total. The van der Waals surface area contributed by atoms with E-state index in [1.54, 1.807) is 0 Å². The van der Waals surface area contributed by atoms with E-state index in [1.165, 1.54) is 13.8 Å². The molecule has 0 aliphatic carbocycles. The number of aliphatic hydroxyl groups is 17. The van der Waals surface area contributed by atoms with Crippen LogP contribution in [0, 0.1) is 0 Å². The maximum absolute atomic E-state index is 13.1. The third kappa shape index (κ3) is 11.4. The third-order valence-electron chi connectivity index (χ3n) is 12.8. The number of carbonyl (C=O) groups excluding carboxylic acids is 1. The lowest BCUT2D eigenvalue weighted by Crippen LogP contribution is -2.71. The van der Waals surface area contributed by atoms with Crippen molar-refractivity contribution in [3.05, 3.63) is 0 Å². The van der Waals surface area contributed by atoms with E-state index < -0.39 is 217 Å². The SMILES string of the molecule is CC(=O)N[C@H]1[C@H](O[C@H]2[C@@H](O)[C@@H](CO)O[C@@H](O[C@H]3[C@H](O)[C@@H](O)C(O)O[C@@H]3CO)[C@@H]2O[C@@H]2O[C@@H](C)[C@@H](O)[C@@H](O)[C@@H]2O)O[C@H](CO)[C@@H](O[C@@H]2O[C@H](CO)[C@H](O)[C@H](O)[C@H]2O)[C@@H]1O[C@@H]1O[C@@H](C)[C@@H](O)[C@@H](O)[C@@H]1O. The minimum atomic E-state index is -2.09. The average molecular weight is 1000 g/mol. The van der Waals surface area contributed by atoms with Crippen molar-refractivity contribution in [1.82, 2.24) is 5.32 Å². The molecule has 1 unspecified atom stereocenters. The van der Waals surface area contributed by atoms with Crippen LogP contribution in [0.3, 0.4) is 0 Å². The second-order valence-electron chi connectivity index (χ2n) is 17.5. The van der Waals surface area contributed by atoms with E-state index in [1.807, 2.05) is 0 Å². The molecule has 6 aliphatic rings. The Kier molecular flexibility index (Phi) is 19.2. The van der Waals surface area contributed by atoms with E-state index in [0.29, 0.717) is 0 Å². The molecular weight excluding hydrogens is 934 g/mol. The summed E-state index contributed by atoms with van der Waals surface area (Å²) < 4.78 is 64.6. The van der Waals surface area contributed by atoms with E-state index in [4.69, 9.17) is 52.1 Å². The van der Waals surface area contributed by atoms with Gasteiger partial charge in [0.25, 0.3) is 0 Å². The quantitative estimate of drug-likeness (QED) is 0.0724. The van der Waals surface area contributed by atoms with Gasteiger partial charge in [0.15, 0.2) is 37.7 Å². The topological polar surface area (TPSA) is 475 Å². The molecule has 396 valence electrons. The summed E-state index contributed by atoms with van der Waals surface area (Å²) >= 11 is 0. The van der Waals surface area contributed by atoms with Gasteiger partial charge >= 0.3 is 0 Å². The number of carbonyl (C=O) groups is 1. The minimum absolute atomic E-state index is 0.888. The van der Waals surface area contributed by atoms with Gasteiger partial charge in [-0.05, 0) is 13.8 Å². The van der Waals surface area contributed by atoms with Crippen LogP contribution in [-0.2, 0) is 56.9 Å². The van der Waals surface area contributed by atoms with Crippen LogP contribution in [0.4, 0.5) is 0 Å². The van der Waals surface area contributed by atoms with Crippen LogP contribution < -0.4 is 5.32 Å². The Hall–Kier alpha value is -1.65. The molecule has 6 aliphatic heterocycles. The Morgan fingerprint density at radius 1 is 0.382 bits per heavy atom. The zero-order chi connectivity index (χ0) is 50.2. The van der Waals surface area contributed by atoms with Crippen molar-refractivity contribution in [1.29, 1.82) is 0 Å². The third-order valence-corrected chi connectivity index (χ3v) is 12.8. The normalized spacial score (nSPS) is 52.6. The first-order valence-electron chi connectivity index (χ1n) is 21.8. The Morgan fingerprint density at radius 2 is 0.779 bits per heavy atom. The fourth-order valence-corrected chi connectivity index (χ4v) is 8.77. The molecule has 0 spiro atoms. The van der Waals surface area contributed by atoms with Gasteiger partial charge < -0.3 is 144 Å². The Bertz CT molecular complexity index is 1590. The standard InChI is InChI=1S/C38H65NO29/c1-8-16(45)20(49)25(54)35(58-8)66-30-15(39-10(3)44)34(63-14(7-43)29(30)65-37-27(56)22(51)18(47)11(4-40)61-37)67-31-19(48)12(5-41)62-38(64-28-13(6-42)60-33(57)24(53)23(28)52)32(31)68-36-26(55)21(50)17(46)9(2)59-36/h8-9,11-38,40-43,45-57H,4-7H2,1-3H3,(H,39,44)/t8-,9-,11+,12+,13+,14+,15+,16+,17+,18-,19-,20+,21+,22-,23+,24+,25-,26-,27+,28+,29+,30+,31-,32+,33?,34-,35-,36-,37-,38-/m0/s1. The highest BCUT2D eigenvalue weighted by Crippen LogP contribution is 2.38. The number of hydrogen-bond acceptors (Lipinski definition) is 29.